The van der Waals surface area contributed by atoms with Gasteiger partial charge in [-0.05, 0) is 37.6 Å². The maximum atomic E-state index is 11.9. The minimum Gasteiger partial charge on any atom is -0.449 e. The van der Waals surface area contributed by atoms with E-state index in [1.165, 1.54) is 6.08 Å². The molecule has 0 N–H and O–H groups in total. The van der Waals surface area contributed by atoms with Crippen molar-refractivity contribution < 1.29 is 13.9 Å². The summed E-state index contributed by atoms with van der Waals surface area (Å²) in [5, 5.41) is 7.98. The molecule has 0 bridgehead atoms. The van der Waals surface area contributed by atoms with E-state index in [4.69, 9.17) is 9.15 Å². The maximum absolute atomic E-state index is 11.9. The van der Waals surface area contributed by atoms with Crippen LogP contribution >= 0.6 is 0 Å². The number of ether oxygens (including phenoxy) is 1. The number of nitrogens with zero attached hydrogens (tertiary/aromatic N) is 2. The maximum Gasteiger partial charge on any atom is 0.331 e. The molecule has 5 heteroatoms. The van der Waals surface area contributed by atoms with Gasteiger partial charge in [0, 0.05) is 11.6 Å². The van der Waals surface area contributed by atoms with Gasteiger partial charge in [-0.25, -0.2) is 4.79 Å². The van der Waals surface area contributed by atoms with Crippen LogP contribution < -0.4 is 0 Å². The molecule has 1 atom stereocenters. The molecule has 25 heavy (non-hydrogen) atoms. The van der Waals surface area contributed by atoms with Crippen LogP contribution in [0.2, 0.25) is 0 Å². The van der Waals surface area contributed by atoms with Crippen molar-refractivity contribution in [1.29, 1.82) is 0 Å². The number of aromatic nitrogens is 2. The smallest absolute Gasteiger partial charge is 0.331 e. The van der Waals surface area contributed by atoms with Crippen LogP contribution in [0.4, 0.5) is 0 Å². The standard InChI is InChI=1S/C20H18N2O3/c1-14-8-11-17(12-9-14)20-22-21-19(25-20)15(2)24-18(23)13-10-16-6-4-3-5-7-16/h3-13,15H,1-2H3/b13-10+/t15-/m0/s1. The molecule has 0 fully saturated rings. The van der Waals surface area contributed by atoms with Gasteiger partial charge < -0.3 is 9.15 Å². The first kappa shape index (κ1) is 16.6. The second kappa shape index (κ2) is 7.57. The summed E-state index contributed by atoms with van der Waals surface area (Å²) in [5.74, 6) is 0.196. The van der Waals surface area contributed by atoms with E-state index < -0.39 is 12.1 Å². The summed E-state index contributed by atoms with van der Waals surface area (Å²) in [5.41, 5.74) is 2.90. The molecule has 0 aliphatic rings. The van der Waals surface area contributed by atoms with Crippen molar-refractivity contribution in [3.05, 3.63) is 77.7 Å². The summed E-state index contributed by atoms with van der Waals surface area (Å²) in [6, 6.07) is 17.3. The fraction of sp³-hybridized carbons (Fsp3) is 0.150. The van der Waals surface area contributed by atoms with Gasteiger partial charge in [0.1, 0.15) is 0 Å². The summed E-state index contributed by atoms with van der Waals surface area (Å²) < 4.78 is 10.9. The van der Waals surface area contributed by atoms with Gasteiger partial charge in [0.05, 0.1) is 0 Å². The Balaban J connectivity index is 1.63. The molecular weight excluding hydrogens is 316 g/mol. The second-order valence-corrected chi connectivity index (χ2v) is 5.63. The van der Waals surface area contributed by atoms with Crippen LogP contribution in [-0.4, -0.2) is 16.2 Å². The highest BCUT2D eigenvalue weighted by atomic mass is 16.6. The van der Waals surface area contributed by atoms with Gasteiger partial charge in [-0.2, -0.15) is 0 Å². The van der Waals surface area contributed by atoms with Crippen LogP contribution in [0.1, 0.15) is 30.0 Å². The van der Waals surface area contributed by atoms with E-state index in [2.05, 4.69) is 10.2 Å². The molecule has 0 saturated carbocycles. The van der Waals surface area contributed by atoms with Crippen LogP contribution in [0.3, 0.4) is 0 Å². The predicted octanol–water partition coefficient (Wildman–Crippen LogP) is 4.36. The number of carbonyl (C=O) groups is 1. The Labute approximate surface area is 146 Å². The molecule has 0 saturated heterocycles. The molecule has 5 nitrogen and oxygen atoms in total. The quantitative estimate of drug-likeness (QED) is 0.512. The highest BCUT2D eigenvalue weighted by Gasteiger charge is 2.18. The molecule has 126 valence electrons. The van der Waals surface area contributed by atoms with Gasteiger partial charge in [0.15, 0.2) is 6.10 Å². The zero-order valence-electron chi connectivity index (χ0n) is 14.0. The average Bonchev–Trinajstić information content (AvgIpc) is 3.12. The SMILES string of the molecule is Cc1ccc(-c2nnc([C@H](C)OC(=O)/C=C/c3ccccc3)o2)cc1. The third-order valence-corrected chi connectivity index (χ3v) is 3.59. The first-order chi connectivity index (χ1) is 12.1. The fourth-order valence-electron chi connectivity index (χ4n) is 2.20. The van der Waals surface area contributed by atoms with Gasteiger partial charge in [-0.15, -0.1) is 10.2 Å². The topological polar surface area (TPSA) is 65.2 Å². The van der Waals surface area contributed by atoms with Gasteiger partial charge in [-0.3, -0.25) is 0 Å². The molecule has 1 heterocycles. The number of aryl methyl sites for hydroxylation is 1. The van der Waals surface area contributed by atoms with Gasteiger partial charge in [0.2, 0.25) is 5.89 Å². The Morgan fingerprint density at radius 2 is 1.80 bits per heavy atom. The first-order valence-electron chi connectivity index (χ1n) is 7.96. The lowest BCUT2D eigenvalue weighted by Crippen LogP contribution is -2.06. The molecule has 0 amide bonds. The predicted molar refractivity (Wildman–Crippen MR) is 94.5 cm³/mol. The Kier molecular flexibility index (Phi) is 5.04. The monoisotopic (exact) mass is 334 g/mol. The molecule has 0 unspecified atom stereocenters. The fourth-order valence-corrected chi connectivity index (χ4v) is 2.20. The number of hydrogen-bond acceptors (Lipinski definition) is 5. The molecule has 0 aliphatic heterocycles. The minimum atomic E-state index is -0.625. The molecule has 3 rings (SSSR count). The highest BCUT2D eigenvalue weighted by molar-refractivity contribution is 5.87. The van der Waals surface area contributed by atoms with E-state index in [1.807, 2.05) is 61.5 Å². The Hall–Kier alpha value is -3.21. The molecule has 2 aromatic carbocycles. The van der Waals surface area contributed by atoms with Crippen LogP contribution in [0.15, 0.2) is 65.1 Å². The van der Waals surface area contributed by atoms with Crippen LogP contribution in [0.5, 0.6) is 0 Å². The van der Waals surface area contributed by atoms with E-state index in [0.717, 1.165) is 16.7 Å². The number of hydrogen-bond donors (Lipinski definition) is 0. The average molecular weight is 334 g/mol. The van der Waals surface area contributed by atoms with Crippen molar-refractivity contribution in [1.82, 2.24) is 10.2 Å². The highest BCUT2D eigenvalue weighted by Crippen LogP contribution is 2.22. The molecule has 3 aromatic rings. The largest absolute Gasteiger partial charge is 0.449 e. The lowest BCUT2D eigenvalue weighted by molar-refractivity contribution is -0.143. The summed E-state index contributed by atoms with van der Waals surface area (Å²) >= 11 is 0. The zero-order chi connectivity index (χ0) is 17.6. The van der Waals surface area contributed by atoms with E-state index >= 15 is 0 Å². The lowest BCUT2D eigenvalue weighted by atomic mass is 10.1. The minimum absolute atomic E-state index is 0.261. The van der Waals surface area contributed by atoms with Crippen molar-refractivity contribution in [2.24, 2.45) is 0 Å². The van der Waals surface area contributed by atoms with Gasteiger partial charge in [-0.1, -0.05) is 48.0 Å². The summed E-state index contributed by atoms with van der Waals surface area (Å²) in [7, 11) is 0. The number of esters is 1. The van der Waals surface area contributed by atoms with Crippen molar-refractivity contribution >= 4 is 12.0 Å². The Bertz CT molecular complexity index is 867. The van der Waals surface area contributed by atoms with Crippen molar-refractivity contribution in [2.45, 2.75) is 20.0 Å². The second-order valence-electron chi connectivity index (χ2n) is 5.63. The van der Waals surface area contributed by atoms with E-state index in [1.54, 1.807) is 13.0 Å². The van der Waals surface area contributed by atoms with E-state index in [0.29, 0.717) is 5.89 Å². The molecule has 0 spiro atoms. The molecule has 0 radical (unpaired) electrons. The normalized spacial score (nSPS) is 12.2. The van der Waals surface area contributed by atoms with Crippen LogP contribution in [0, 0.1) is 6.92 Å². The molecular formula is C20H18N2O3. The van der Waals surface area contributed by atoms with E-state index in [-0.39, 0.29) is 5.89 Å². The van der Waals surface area contributed by atoms with Crippen LogP contribution in [0.25, 0.3) is 17.5 Å². The molecule has 0 aliphatic carbocycles. The summed E-state index contributed by atoms with van der Waals surface area (Å²) in [4.78, 5) is 11.9. The third-order valence-electron chi connectivity index (χ3n) is 3.59. The Morgan fingerprint density at radius 3 is 2.52 bits per heavy atom. The number of rotatable bonds is 5. The van der Waals surface area contributed by atoms with Gasteiger partial charge in [0.25, 0.3) is 5.89 Å². The first-order valence-corrected chi connectivity index (χ1v) is 7.96. The Morgan fingerprint density at radius 1 is 1.08 bits per heavy atom. The third kappa shape index (κ3) is 4.41. The van der Waals surface area contributed by atoms with Crippen LogP contribution in [-0.2, 0) is 9.53 Å². The summed E-state index contributed by atoms with van der Waals surface area (Å²) in [6.45, 7) is 3.70. The van der Waals surface area contributed by atoms with E-state index in [9.17, 15) is 4.79 Å². The lowest BCUT2D eigenvalue weighted by Gasteiger charge is -2.06. The van der Waals surface area contributed by atoms with Crippen molar-refractivity contribution in [3.8, 4) is 11.5 Å². The van der Waals surface area contributed by atoms with Crippen molar-refractivity contribution in [3.63, 3.8) is 0 Å². The van der Waals surface area contributed by atoms with Gasteiger partial charge >= 0.3 is 5.97 Å². The number of carbonyl (C=O) groups excluding carboxylic acids is 1. The summed E-state index contributed by atoms with van der Waals surface area (Å²) in [6.07, 6.45) is 2.45. The molecule has 1 aromatic heterocycles. The zero-order valence-corrected chi connectivity index (χ0v) is 14.0. The number of benzene rings is 2. The van der Waals surface area contributed by atoms with Crippen molar-refractivity contribution in [2.75, 3.05) is 0 Å².